The molecule has 0 saturated carbocycles. The lowest BCUT2D eigenvalue weighted by molar-refractivity contribution is -0.119. The van der Waals surface area contributed by atoms with Crippen LogP contribution in [-0.2, 0) is 11.2 Å². The predicted molar refractivity (Wildman–Crippen MR) is 111 cm³/mol. The number of aromatic nitrogens is 3. The van der Waals surface area contributed by atoms with Crippen LogP contribution >= 0.6 is 11.8 Å². The van der Waals surface area contributed by atoms with Gasteiger partial charge in [0.05, 0.1) is 18.6 Å². The van der Waals surface area contributed by atoms with E-state index in [1.807, 2.05) is 60.9 Å². The number of hydrogen-bond donors (Lipinski definition) is 1. The summed E-state index contributed by atoms with van der Waals surface area (Å²) < 4.78 is 7.51. The fraction of sp³-hybridized carbons (Fsp3) is 0.286. The number of carbonyl (C=O) groups is 1. The fourth-order valence-electron chi connectivity index (χ4n) is 2.84. The Morgan fingerprint density at radius 1 is 1.11 bits per heavy atom. The van der Waals surface area contributed by atoms with Crippen LogP contribution in [0.5, 0.6) is 5.75 Å². The summed E-state index contributed by atoms with van der Waals surface area (Å²) in [5, 5.41) is 12.3. The molecule has 6 nitrogen and oxygen atoms in total. The topological polar surface area (TPSA) is 69.0 Å². The maximum atomic E-state index is 12.1. The van der Waals surface area contributed by atoms with Gasteiger partial charge in [-0.25, -0.2) is 0 Å². The summed E-state index contributed by atoms with van der Waals surface area (Å²) in [6.45, 7) is 3.88. The lowest BCUT2D eigenvalue weighted by atomic mass is 10.1. The Hall–Kier alpha value is -2.80. The van der Waals surface area contributed by atoms with Crippen molar-refractivity contribution in [3.8, 4) is 11.4 Å². The van der Waals surface area contributed by atoms with E-state index < -0.39 is 0 Å². The van der Waals surface area contributed by atoms with E-state index in [2.05, 4.69) is 27.6 Å². The van der Waals surface area contributed by atoms with Crippen molar-refractivity contribution in [2.75, 3.05) is 12.9 Å². The van der Waals surface area contributed by atoms with Gasteiger partial charge in [-0.05, 0) is 31.5 Å². The molecule has 3 aromatic rings. The van der Waals surface area contributed by atoms with Crippen molar-refractivity contribution >= 4 is 17.7 Å². The molecule has 2 aromatic carbocycles. The molecule has 0 radical (unpaired) electrons. The molecule has 1 amide bonds. The highest BCUT2D eigenvalue weighted by atomic mass is 32.2. The molecule has 0 saturated heterocycles. The maximum Gasteiger partial charge on any atom is 0.230 e. The molecular formula is C21H24N4O2S. The second kappa shape index (κ2) is 9.41. The number of ether oxygens (including phenoxy) is 1. The number of rotatable bonds is 8. The molecule has 7 heteroatoms. The number of amides is 1. The number of thioether (sulfide) groups is 1. The summed E-state index contributed by atoms with van der Waals surface area (Å²) >= 11 is 1.36. The molecule has 0 spiro atoms. The summed E-state index contributed by atoms with van der Waals surface area (Å²) in [4.78, 5) is 12.1. The average molecular weight is 397 g/mol. The average Bonchev–Trinajstić information content (AvgIpc) is 3.08. The van der Waals surface area contributed by atoms with Crippen LogP contribution < -0.4 is 10.1 Å². The first kappa shape index (κ1) is 19.9. The van der Waals surface area contributed by atoms with Crippen molar-refractivity contribution in [3.05, 3.63) is 66.0 Å². The normalized spacial score (nSPS) is 10.9. The van der Waals surface area contributed by atoms with Crippen molar-refractivity contribution in [2.24, 2.45) is 0 Å². The van der Waals surface area contributed by atoms with Crippen LogP contribution in [0.2, 0.25) is 0 Å². The van der Waals surface area contributed by atoms with E-state index in [-0.39, 0.29) is 17.7 Å². The van der Waals surface area contributed by atoms with Crippen LogP contribution in [0.3, 0.4) is 0 Å². The minimum atomic E-state index is -0.0285. The Bertz CT molecular complexity index is 925. The van der Waals surface area contributed by atoms with E-state index in [0.717, 1.165) is 22.8 Å². The van der Waals surface area contributed by atoms with Crippen LogP contribution in [-0.4, -0.2) is 39.6 Å². The molecular weight excluding hydrogens is 372 g/mol. The number of hydrogen-bond acceptors (Lipinski definition) is 5. The fourth-order valence-corrected chi connectivity index (χ4v) is 3.61. The first-order valence-electron chi connectivity index (χ1n) is 9.12. The number of nitrogens with one attached hydrogen (secondary N) is 1. The zero-order chi connectivity index (χ0) is 19.9. The zero-order valence-corrected chi connectivity index (χ0v) is 17.1. The second-order valence-corrected chi connectivity index (χ2v) is 7.52. The van der Waals surface area contributed by atoms with Gasteiger partial charge in [0.15, 0.2) is 5.16 Å². The summed E-state index contributed by atoms with van der Waals surface area (Å²) in [6.07, 6.45) is 0.630. The summed E-state index contributed by atoms with van der Waals surface area (Å²) in [7, 11) is 1.64. The zero-order valence-electron chi connectivity index (χ0n) is 16.3. The van der Waals surface area contributed by atoms with Gasteiger partial charge in [-0.3, -0.25) is 9.36 Å². The first-order valence-corrected chi connectivity index (χ1v) is 10.1. The lowest BCUT2D eigenvalue weighted by Gasteiger charge is -2.14. The molecule has 146 valence electrons. The molecule has 0 atom stereocenters. The molecule has 0 unspecified atom stereocenters. The summed E-state index contributed by atoms with van der Waals surface area (Å²) in [5.41, 5.74) is 1.99. The van der Waals surface area contributed by atoms with E-state index >= 15 is 0 Å². The Morgan fingerprint density at radius 3 is 2.54 bits per heavy atom. The molecule has 0 aliphatic heterocycles. The Labute approximate surface area is 169 Å². The van der Waals surface area contributed by atoms with Crippen LogP contribution in [0.1, 0.15) is 25.2 Å². The third kappa shape index (κ3) is 4.92. The molecule has 0 fully saturated rings. The largest absolute Gasteiger partial charge is 0.495 e. The molecule has 0 aliphatic carbocycles. The highest BCUT2D eigenvalue weighted by Gasteiger charge is 2.19. The van der Waals surface area contributed by atoms with Crippen molar-refractivity contribution in [1.29, 1.82) is 0 Å². The van der Waals surface area contributed by atoms with Crippen molar-refractivity contribution < 1.29 is 9.53 Å². The Balaban J connectivity index is 1.94. The smallest absolute Gasteiger partial charge is 0.230 e. The van der Waals surface area contributed by atoms with Gasteiger partial charge in [-0.15, -0.1) is 10.2 Å². The van der Waals surface area contributed by atoms with Gasteiger partial charge in [0, 0.05) is 12.5 Å². The number of benzene rings is 2. The summed E-state index contributed by atoms with van der Waals surface area (Å²) in [5.74, 6) is 1.77. The van der Waals surface area contributed by atoms with Crippen molar-refractivity contribution in [1.82, 2.24) is 20.1 Å². The van der Waals surface area contributed by atoms with Crippen molar-refractivity contribution in [3.63, 3.8) is 0 Å². The quantitative estimate of drug-likeness (QED) is 0.591. The molecule has 0 aliphatic rings. The standard InChI is InChI=1S/C21H24N4O2S/c1-15(2)22-20(26)14-28-21-24-23-19(13-16-9-5-4-6-10-16)25(21)17-11-7-8-12-18(17)27-3/h4-12,15H,13-14H2,1-3H3,(H,22,26). The van der Waals surface area contributed by atoms with Gasteiger partial charge in [0.2, 0.25) is 5.91 Å². The minimum Gasteiger partial charge on any atom is -0.495 e. The number of carbonyl (C=O) groups excluding carboxylic acids is 1. The Morgan fingerprint density at radius 2 is 1.82 bits per heavy atom. The van der Waals surface area contributed by atoms with Crippen molar-refractivity contribution in [2.45, 2.75) is 31.5 Å². The highest BCUT2D eigenvalue weighted by molar-refractivity contribution is 7.99. The number of methoxy groups -OCH3 is 1. The van der Waals surface area contributed by atoms with E-state index in [1.54, 1.807) is 7.11 Å². The van der Waals surface area contributed by atoms with Gasteiger partial charge in [0.25, 0.3) is 0 Å². The minimum absolute atomic E-state index is 0.0285. The SMILES string of the molecule is COc1ccccc1-n1c(Cc2ccccc2)nnc1SCC(=O)NC(C)C. The number of nitrogens with zero attached hydrogens (tertiary/aromatic N) is 3. The molecule has 1 heterocycles. The van der Waals surface area contributed by atoms with Gasteiger partial charge in [-0.1, -0.05) is 54.2 Å². The van der Waals surface area contributed by atoms with Gasteiger partial charge < -0.3 is 10.1 Å². The van der Waals surface area contributed by atoms with Crippen LogP contribution in [0.15, 0.2) is 59.8 Å². The monoisotopic (exact) mass is 396 g/mol. The third-order valence-corrected chi connectivity index (χ3v) is 4.94. The van der Waals surface area contributed by atoms with Gasteiger partial charge >= 0.3 is 0 Å². The van der Waals surface area contributed by atoms with E-state index in [0.29, 0.717) is 11.6 Å². The van der Waals surface area contributed by atoms with E-state index in [1.165, 1.54) is 11.8 Å². The van der Waals surface area contributed by atoms with Gasteiger partial charge in [-0.2, -0.15) is 0 Å². The van der Waals surface area contributed by atoms with Gasteiger partial charge in [0.1, 0.15) is 11.6 Å². The highest BCUT2D eigenvalue weighted by Crippen LogP contribution is 2.29. The van der Waals surface area contributed by atoms with E-state index in [4.69, 9.17) is 4.74 Å². The maximum absolute atomic E-state index is 12.1. The molecule has 28 heavy (non-hydrogen) atoms. The lowest BCUT2D eigenvalue weighted by Crippen LogP contribution is -2.31. The molecule has 3 rings (SSSR count). The third-order valence-electron chi connectivity index (χ3n) is 4.01. The molecule has 1 aromatic heterocycles. The Kier molecular flexibility index (Phi) is 6.71. The predicted octanol–water partition coefficient (Wildman–Crippen LogP) is 3.48. The molecule has 0 bridgehead atoms. The van der Waals surface area contributed by atoms with E-state index in [9.17, 15) is 4.79 Å². The second-order valence-electron chi connectivity index (χ2n) is 6.58. The van der Waals surface area contributed by atoms with Crippen LogP contribution in [0.4, 0.5) is 0 Å². The summed E-state index contributed by atoms with van der Waals surface area (Å²) in [6, 6.07) is 18.0. The molecule has 1 N–H and O–H groups in total. The van der Waals surface area contributed by atoms with Crippen LogP contribution in [0, 0.1) is 0 Å². The van der Waals surface area contributed by atoms with Crippen LogP contribution in [0.25, 0.3) is 5.69 Å². The number of para-hydroxylation sites is 2. The first-order chi connectivity index (χ1) is 13.6.